The summed E-state index contributed by atoms with van der Waals surface area (Å²) in [5.74, 6) is 0.752. The Balaban J connectivity index is 1.74. The summed E-state index contributed by atoms with van der Waals surface area (Å²) in [4.78, 5) is 30.2. The summed E-state index contributed by atoms with van der Waals surface area (Å²) in [5.41, 5.74) is 2.75. The van der Waals surface area contributed by atoms with Gasteiger partial charge < -0.3 is 20.1 Å². The minimum atomic E-state index is -1.11. The van der Waals surface area contributed by atoms with Gasteiger partial charge in [-0.05, 0) is 24.3 Å². The summed E-state index contributed by atoms with van der Waals surface area (Å²) in [6, 6.07) is 8.47. The number of amides is 1. The first kappa shape index (κ1) is 20.9. The third-order valence-corrected chi connectivity index (χ3v) is 5.00. The van der Waals surface area contributed by atoms with Crippen molar-refractivity contribution in [3.8, 4) is 17.0 Å². The Labute approximate surface area is 183 Å². The predicted molar refractivity (Wildman–Crippen MR) is 120 cm³/mol. The number of carbonyl (C=O) groups is 2. The molecule has 0 saturated heterocycles. The number of nitrogens with zero attached hydrogens (tertiary/aromatic N) is 5. The Morgan fingerprint density at radius 2 is 1.94 bits per heavy atom. The zero-order valence-corrected chi connectivity index (χ0v) is 18.0. The van der Waals surface area contributed by atoms with Crippen LogP contribution in [0.15, 0.2) is 48.9 Å². The number of benzene rings is 1. The second-order valence-electron chi connectivity index (χ2n) is 7.42. The van der Waals surface area contributed by atoms with E-state index in [0.29, 0.717) is 45.0 Å². The van der Waals surface area contributed by atoms with Gasteiger partial charge in [-0.15, -0.1) is 0 Å². The molecule has 1 amide bonds. The van der Waals surface area contributed by atoms with Gasteiger partial charge in [0.2, 0.25) is 0 Å². The lowest BCUT2D eigenvalue weighted by atomic mass is 10.1. The molecule has 164 valence electrons. The van der Waals surface area contributed by atoms with Gasteiger partial charge in [0.25, 0.3) is 5.91 Å². The first-order chi connectivity index (χ1) is 15.3. The Morgan fingerprint density at radius 1 is 1.16 bits per heavy atom. The molecule has 1 aromatic carbocycles. The minimum Gasteiger partial charge on any atom is -0.495 e. The number of methoxy groups -OCH3 is 1. The molecule has 0 unspecified atom stereocenters. The van der Waals surface area contributed by atoms with Crippen molar-refractivity contribution in [3.05, 3.63) is 54.5 Å². The maximum Gasteiger partial charge on any atom is 0.416 e. The van der Waals surface area contributed by atoms with Crippen LogP contribution in [0.3, 0.4) is 0 Å². The number of nitrogens with one attached hydrogen (secondary N) is 1. The fourth-order valence-corrected chi connectivity index (χ4v) is 3.47. The molecule has 0 saturated carbocycles. The van der Waals surface area contributed by atoms with Crippen molar-refractivity contribution >= 4 is 34.4 Å². The van der Waals surface area contributed by atoms with E-state index < -0.39 is 6.09 Å². The molecule has 0 fully saturated rings. The molecule has 3 heterocycles. The molecule has 0 aliphatic heterocycles. The summed E-state index contributed by atoms with van der Waals surface area (Å²) in [5, 5.41) is 17.8. The minimum absolute atomic E-state index is 0.142. The summed E-state index contributed by atoms with van der Waals surface area (Å²) in [6.45, 7) is 0. The van der Waals surface area contributed by atoms with Gasteiger partial charge in [-0.3, -0.25) is 9.48 Å². The van der Waals surface area contributed by atoms with Crippen molar-refractivity contribution in [1.82, 2.24) is 24.2 Å². The molecular weight excluding hydrogens is 412 g/mol. The molecule has 10 nitrogen and oxygen atoms in total. The van der Waals surface area contributed by atoms with E-state index in [1.807, 2.05) is 0 Å². The summed E-state index contributed by atoms with van der Waals surface area (Å²) in [7, 11) is 6.64. The van der Waals surface area contributed by atoms with Crippen LogP contribution in [0.25, 0.3) is 22.2 Å². The predicted octanol–water partition coefficient (Wildman–Crippen LogP) is 3.42. The molecular formula is C22H22N6O4. The van der Waals surface area contributed by atoms with Gasteiger partial charge in [0.15, 0.2) is 0 Å². The molecule has 0 aliphatic carbocycles. The second kappa shape index (κ2) is 8.06. The van der Waals surface area contributed by atoms with E-state index in [1.165, 1.54) is 16.6 Å². The van der Waals surface area contributed by atoms with Gasteiger partial charge >= 0.3 is 6.09 Å². The Kier molecular flexibility index (Phi) is 5.27. The largest absolute Gasteiger partial charge is 0.495 e. The Morgan fingerprint density at radius 3 is 2.56 bits per heavy atom. The van der Waals surface area contributed by atoms with Gasteiger partial charge in [0, 0.05) is 56.1 Å². The molecule has 2 N–H and O–H groups in total. The number of aromatic nitrogens is 4. The van der Waals surface area contributed by atoms with Crippen LogP contribution in [0.4, 0.5) is 16.3 Å². The van der Waals surface area contributed by atoms with Crippen LogP contribution in [-0.4, -0.2) is 62.5 Å². The van der Waals surface area contributed by atoms with Crippen LogP contribution >= 0.6 is 0 Å². The molecule has 0 atom stereocenters. The lowest BCUT2D eigenvalue weighted by molar-refractivity contribution is 0.0827. The van der Waals surface area contributed by atoms with Crippen molar-refractivity contribution in [2.24, 2.45) is 7.05 Å². The number of pyridine rings is 1. The number of anilines is 2. The molecule has 0 radical (unpaired) electrons. The number of carbonyl (C=O) groups excluding carboxylic acids is 1. The van der Waals surface area contributed by atoms with Crippen LogP contribution in [0.1, 0.15) is 10.4 Å². The highest BCUT2D eigenvalue weighted by Crippen LogP contribution is 2.32. The summed E-state index contributed by atoms with van der Waals surface area (Å²) < 4.78 is 8.25. The molecule has 0 aliphatic rings. The highest BCUT2D eigenvalue weighted by molar-refractivity contribution is 5.97. The number of rotatable bonds is 5. The van der Waals surface area contributed by atoms with E-state index in [9.17, 15) is 14.7 Å². The fourth-order valence-electron chi connectivity index (χ4n) is 3.47. The molecule has 4 aromatic rings. The number of ether oxygens (including phenoxy) is 1. The van der Waals surface area contributed by atoms with Crippen LogP contribution in [-0.2, 0) is 7.05 Å². The van der Waals surface area contributed by atoms with Gasteiger partial charge in [-0.25, -0.2) is 14.3 Å². The van der Waals surface area contributed by atoms with Crippen molar-refractivity contribution in [1.29, 1.82) is 0 Å². The van der Waals surface area contributed by atoms with Gasteiger partial charge in [-0.2, -0.15) is 5.10 Å². The third kappa shape index (κ3) is 3.73. The zero-order valence-electron chi connectivity index (χ0n) is 18.0. The second-order valence-corrected chi connectivity index (χ2v) is 7.42. The number of aryl methyl sites for hydroxylation is 1. The molecule has 32 heavy (non-hydrogen) atoms. The van der Waals surface area contributed by atoms with Gasteiger partial charge in [-0.1, -0.05) is 0 Å². The van der Waals surface area contributed by atoms with Crippen LogP contribution < -0.4 is 10.1 Å². The maximum absolute atomic E-state index is 12.2. The smallest absolute Gasteiger partial charge is 0.416 e. The van der Waals surface area contributed by atoms with Gasteiger partial charge in [0.05, 0.1) is 30.2 Å². The molecule has 10 heteroatoms. The topological polar surface area (TPSA) is 115 Å². The van der Waals surface area contributed by atoms with Crippen molar-refractivity contribution in [3.63, 3.8) is 0 Å². The standard InChI is InChI=1S/C22H22N6O4/c1-26(2)21(29)13-5-6-16(19(8-13)32-4)25-20-9-18-14(10-23-20)7-17(28(18)22(30)31)15-11-24-27(3)12-15/h5-12H,1-4H3,(H,23,25)(H,30,31). The van der Waals surface area contributed by atoms with E-state index in [1.54, 1.807) is 74.7 Å². The van der Waals surface area contributed by atoms with E-state index in [4.69, 9.17) is 4.74 Å². The Bertz CT molecular complexity index is 1340. The maximum atomic E-state index is 12.2. The Hall–Kier alpha value is -4.34. The van der Waals surface area contributed by atoms with E-state index in [0.717, 1.165) is 0 Å². The van der Waals surface area contributed by atoms with Crippen molar-refractivity contribution in [2.45, 2.75) is 0 Å². The van der Waals surface area contributed by atoms with Crippen LogP contribution in [0.5, 0.6) is 5.75 Å². The van der Waals surface area contributed by atoms with Gasteiger partial charge in [0.1, 0.15) is 11.6 Å². The lowest BCUT2D eigenvalue weighted by Crippen LogP contribution is -2.21. The van der Waals surface area contributed by atoms with Crippen LogP contribution in [0.2, 0.25) is 0 Å². The zero-order chi connectivity index (χ0) is 23.0. The lowest BCUT2D eigenvalue weighted by Gasteiger charge is -2.14. The van der Waals surface area contributed by atoms with Crippen LogP contribution in [0, 0.1) is 0 Å². The molecule has 4 rings (SSSR count). The van der Waals surface area contributed by atoms with Crippen molar-refractivity contribution in [2.75, 3.05) is 26.5 Å². The normalized spacial score (nSPS) is 10.9. The number of carboxylic acid groups (broad SMARTS) is 1. The molecule has 3 aromatic heterocycles. The highest BCUT2D eigenvalue weighted by Gasteiger charge is 2.18. The number of hydrogen-bond donors (Lipinski definition) is 2. The fraction of sp³-hybridized carbons (Fsp3) is 0.182. The number of fused-ring (bicyclic) bond motifs is 1. The average Bonchev–Trinajstić information content (AvgIpc) is 3.36. The first-order valence-corrected chi connectivity index (χ1v) is 9.69. The monoisotopic (exact) mass is 434 g/mol. The van der Waals surface area contributed by atoms with E-state index >= 15 is 0 Å². The average molecular weight is 434 g/mol. The SMILES string of the molecule is COc1cc(C(=O)N(C)C)ccc1Nc1cc2c(cn1)cc(-c1cnn(C)c1)n2C(=O)O. The van der Waals surface area contributed by atoms with E-state index in [-0.39, 0.29) is 5.91 Å². The molecule has 0 bridgehead atoms. The number of hydrogen-bond acceptors (Lipinski definition) is 6. The highest BCUT2D eigenvalue weighted by atomic mass is 16.5. The molecule has 0 spiro atoms. The van der Waals surface area contributed by atoms with E-state index in [2.05, 4.69) is 15.4 Å². The van der Waals surface area contributed by atoms with Crippen molar-refractivity contribution < 1.29 is 19.4 Å². The quantitative estimate of drug-likeness (QED) is 0.495. The summed E-state index contributed by atoms with van der Waals surface area (Å²) in [6.07, 6.45) is 3.86. The third-order valence-electron chi connectivity index (χ3n) is 5.00. The summed E-state index contributed by atoms with van der Waals surface area (Å²) >= 11 is 0. The first-order valence-electron chi connectivity index (χ1n) is 9.69.